The zero-order valence-corrected chi connectivity index (χ0v) is 11.2. The lowest BCUT2D eigenvalue weighted by molar-refractivity contribution is 0.234. The van der Waals surface area contributed by atoms with Crippen LogP contribution in [-0.4, -0.2) is 35.8 Å². The molecule has 0 fully saturated rings. The normalized spacial score (nSPS) is 14.1. The second kappa shape index (κ2) is 6.70. The molecule has 0 radical (unpaired) electrons. The van der Waals surface area contributed by atoms with Crippen molar-refractivity contribution in [3.05, 3.63) is 15.6 Å². The van der Waals surface area contributed by atoms with E-state index < -0.39 is 0 Å². The lowest BCUT2D eigenvalue weighted by Crippen LogP contribution is -2.37. The largest absolute Gasteiger partial charge is 0.395 e. The van der Waals surface area contributed by atoms with E-state index in [0.717, 1.165) is 24.3 Å². The number of aliphatic hydroxyl groups excluding tert-OH is 1. The molecule has 5 nitrogen and oxygen atoms in total. The van der Waals surface area contributed by atoms with Crippen LogP contribution in [0.25, 0.3) is 0 Å². The van der Waals surface area contributed by atoms with Crippen molar-refractivity contribution in [2.24, 2.45) is 0 Å². The summed E-state index contributed by atoms with van der Waals surface area (Å²) >= 11 is 1.78. The van der Waals surface area contributed by atoms with Crippen molar-refractivity contribution >= 4 is 17.4 Å². The maximum absolute atomic E-state index is 11.2. The number of nitrogens with zero attached hydrogens (tertiary/aromatic N) is 1. The Hall–Kier alpha value is -1.14. The first kappa shape index (κ1) is 13.3. The van der Waals surface area contributed by atoms with E-state index in [0.29, 0.717) is 6.54 Å². The smallest absolute Gasteiger partial charge is 0.314 e. The molecule has 2 amide bonds. The molecule has 1 aromatic rings. The Bertz CT molecular complexity index is 383. The van der Waals surface area contributed by atoms with Crippen LogP contribution in [0.5, 0.6) is 0 Å². The summed E-state index contributed by atoms with van der Waals surface area (Å²) in [6.07, 6.45) is 5.58. The van der Waals surface area contributed by atoms with E-state index in [4.69, 9.17) is 5.11 Å². The van der Waals surface area contributed by atoms with Crippen molar-refractivity contribution in [2.45, 2.75) is 32.1 Å². The van der Waals surface area contributed by atoms with Crippen LogP contribution in [0, 0.1) is 0 Å². The minimum Gasteiger partial charge on any atom is -0.395 e. The predicted octanol–water partition coefficient (Wildman–Crippen LogP) is 0.856. The van der Waals surface area contributed by atoms with E-state index in [1.54, 1.807) is 11.3 Å². The van der Waals surface area contributed by atoms with Gasteiger partial charge >= 0.3 is 6.03 Å². The first-order chi connectivity index (χ1) is 8.79. The van der Waals surface area contributed by atoms with Crippen molar-refractivity contribution < 1.29 is 9.90 Å². The summed E-state index contributed by atoms with van der Waals surface area (Å²) in [4.78, 5) is 17.3. The number of hydrogen-bond donors (Lipinski definition) is 3. The van der Waals surface area contributed by atoms with Gasteiger partial charge in [-0.25, -0.2) is 9.78 Å². The van der Waals surface area contributed by atoms with Gasteiger partial charge in [0.15, 0.2) is 0 Å². The van der Waals surface area contributed by atoms with Gasteiger partial charge in [-0.1, -0.05) is 0 Å². The number of rotatable bonds is 5. The molecule has 0 spiro atoms. The van der Waals surface area contributed by atoms with Gasteiger partial charge in [0.05, 0.1) is 17.3 Å². The van der Waals surface area contributed by atoms with Crippen LogP contribution in [-0.2, 0) is 19.3 Å². The number of nitrogens with one attached hydrogen (secondary N) is 2. The van der Waals surface area contributed by atoms with Crippen molar-refractivity contribution in [1.82, 2.24) is 15.6 Å². The Balaban J connectivity index is 1.73. The molecule has 2 rings (SSSR count). The molecule has 0 bridgehead atoms. The highest BCUT2D eigenvalue weighted by molar-refractivity contribution is 7.11. The molecule has 1 aliphatic carbocycles. The van der Waals surface area contributed by atoms with Crippen LogP contribution in [0.2, 0.25) is 0 Å². The second-order valence-electron chi connectivity index (χ2n) is 4.34. The molecule has 6 heteroatoms. The third kappa shape index (κ3) is 3.68. The molecular weight excluding hydrogens is 250 g/mol. The van der Waals surface area contributed by atoms with Gasteiger partial charge < -0.3 is 15.7 Å². The fourth-order valence-corrected chi connectivity index (χ4v) is 3.18. The minimum atomic E-state index is -0.231. The van der Waals surface area contributed by atoms with Gasteiger partial charge in [0.25, 0.3) is 0 Å². The summed E-state index contributed by atoms with van der Waals surface area (Å²) < 4.78 is 0. The van der Waals surface area contributed by atoms with Gasteiger partial charge in [0, 0.05) is 24.4 Å². The SMILES string of the molecule is O=C(NCCO)NCCc1nc2c(s1)CCCC2. The van der Waals surface area contributed by atoms with E-state index in [1.165, 1.54) is 23.4 Å². The Morgan fingerprint density at radius 3 is 2.83 bits per heavy atom. The zero-order valence-electron chi connectivity index (χ0n) is 10.4. The number of aliphatic hydroxyl groups is 1. The van der Waals surface area contributed by atoms with Crippen LogP contribution in [0.4, 0.5) is 4.79 Å². The lowest BCUT2D eigenvalue weighted by atomic mass is 10.0. The summed E-state index contributed by atoms with van der Waals surface area (Å²) in [5.41, 5.74) is 1.27. The molecule has 0 aliphatic heterocycles. The molecule has 1 aromatic heterocycles. The van der Waals surface area contributed by atoms with Crippen molar-refractivity contribution in [3.63, 3.8) is 0 Å². The fraction of sp³-hybridized carbons (Fsp3) is 0.667. The highest BCUT2D eigenvalue weighted by atomic mass is 32.1. The molecule has 0 unspecified atom stereocenters. The highest BCUT2D eigenvalue weighted by Crippen LogP contribution is 2.26. The molecule has 100 valence electrons. The van der Waals surface area contributed by atoms with Gasteiger partial charge in [-0.05, 0) is 25.7 Å². The second-order valence-corrected chi connectivity index (χ2v) is 5.51. The van der Waals surface area contributed by atoms with Crippen molar-refractivity contribution in [3.8, 4) is 0 Å². The molecule has 1 aliphatic rings. The van der Waals surface area contributed by atoms with Crippen LogP contribution < -0.4 is 10.6 Å². The number of amides is 2. The summed E-state index contributed by atoms with van der Waals surface area (Å²) in [5.74, 6) is 0. The number of fused-ring (bicyclic) bond motifs is 1. The number of thiazole rings is 1. The topological polar surface area (TPSA) is 74.2 Å². The predicted molar refractivity (Wildman–Crippen MR) is 70.9 cm³/mol. The summed E-state index contributed by atoms with van der Waals surface area (Å²) in [6.45, 7) is 0.841. The first-order valence-corrected chi connectivity index (χ1v) is 7.21. The fourth-order valence-electron chi connectivity index (χ4n) is 2.03. The maximum atomic E-state index is 11.2. The number of carbonyl (C=O) groups is 1. The van der Waals surface area contributed by atoms with Gasteiger partial charge in [0.2, 0.25) is 0 Å². The molecule has 18 heavy (non-hydrogen) atoms. The highest BCUT2D eigenvalue weighted by Gasteiger charge is 2.14. The molecule has 0 atom stereocenters. The van der Waals surface area contributed by atoms with Crippen molar-refractivity contribution in [2.75, 3.05) is 19.7 Å². The van der Waals surface area contributed by atoms with Crippen LogP contribution in [0.3, 0.4) is 0 Å². The number of carbonyl (C=O) groups excluding carboxylic acids is 1. The first-order valence-electron chi connectivity index (χ1n) is 6.39. The lowest BCUT2D eigenvalue weighted by Gasteiger charge is -2.06. The van der Waals surface area contributed by atoms with Crippen LogP contribution >= 0.6 is 11.3 Å². The Morgan fingerprint density at radius 2 is 2.06 bits per heavy atom. The summed E-state index contributed by atoms with van der Waals surface area (Å²) in [7, 11) is 0. The number of hydrogen-bond acceptors (Lipinski definition) is 4. The van der Waals surface area contributed by atoms with E-state index >= 15 is 0 Å². The van der Waals surface area contributed by atoms with Crippen molar-refractivity contribution in [1.29, 1.82) is 0 Å². The monoisotopic (exact) mass is 269 g/mol. The molecule has 0 saturated carbocycles. The molecule has 3 N–H and O–H groups in total. The average Bonchev–Trinajstić information content (AvgIpc) is 2.79. The van der Waals surface area contributed by atoms with Gasteiger partial charge in [-0.2, -0.15) is 0 Å². The molecule has 1 heterocycles. The van der Waals surface area contributed by atoms with Crippen LogP contribution in [0.1, 0.15) is 28.4 Å². The Morgan fingerprint density at radius 1 is 1.28 bits per heavy atom. The quantitative estimate of drug-likeness (QED) is 0.742. The average molecular weight is 269 g/mol. The molecule has 0 saturated heterocycles. The third-order valence-corrected chi connectivity index (χ3v) is 4.13. The van der Waals surface area contributed by atoms with Crippen LogP contribution in [0.15, 0.2) is 0 Å². The number of aromatic nitrogens is 1. The summed E-state index contributed by atoms with van der Waals surface area (Å²) in [6, 6.07) is -0.231. The van der Waals surface area contributed by atoms with Gasteiger partial charge in [-0.15, -0.1) is 11.3 Å². The third-order valence-electron chi connectivity index (χ3n) is 2.91. The van der Waals surface area contributed by atoms with Gasteiger partial charge in [0.1, 0.15) is 0 Å². The minimum absolute atomic E-state index is 0.0351. The van der Waals surface area contributed by atoms with E-state index in [2.05, 4.69) is 15.6 Å². The number of urea groups is 1. The summed E-state index contributed by atoms with van der Waals surface area (Å²) in [5, 5.41) is 15.0. The number of aryl methyl sites for hydroxylation is 2. The van der Waals surface area contributed by atoms with Gasteiger partial charge in [-0.3, -0.25) is 0 Å². The van der Waals surface area contributed by atoms with E-state index in [9.17, 15) is 4.79 Å². The zero-order chi connectivity index (χ0) is 12.8. The Labute approximate surface area is 111 Å². The standard InChI is InChI=1S/C12H19N3O2S/c16-8-7-14-12(17)13-6-5-11-15-9-3-1-2-4-10(9)18-11/h16H,1-8H2,(H2,13,14,17). The molecule has 0 aromatic carbocycles. The Kier molecular flexibility index (Phi) is 4.95. The van der Waals surface area contributed by atoms with E-state index in [1.807, 2.05) is 0 Å². The maximum Gasteiger partial charge on any atom is 0.314 e. The molecular formula is C12H19N3O2S. The van der Waals surface area contributed by atoms with E-state index in [-0.39, 0.29) is 19.2 Å².